The molecule has 3 nitrogen and oxygen atoms in total. The highest BCUT2D eigenvalue weighted by molar-refractivity contribution is 4.85. The number of rotatable bonds is 5. The van der Waals surface area contributed by atoms with Gasteiger partial charge in [0.15, 0.2) is 0 Å². The Hall–Kier alpha value is -0.120. The summed E-state index contributed by atoms with van der Waals surface area (Å²) < 4.78 is 5.51. The fraction of sp³-hybridized carbons (Fsp3) is 1.00. The predicted molar refractivity (Wildman–Crippen MR) is 61.7 cm³/mol. The van der Waals surface area contributed by atoms with E-state index >= 15 is 0 Å². The maximum Gasteiger partial charge on any atom is 0.0771 e. The van der Waals surface area contributed by atoms with Crippen molar-refractivity contribution in [2.45, 2.75) is 63.5 Å². The van der Waals surface area contributed by atoms with Crippen molar-refractivity contribution in [2.75, 3.05) is 13.2 Å². The van der Waals surface area contributed by atoms with Gasteiger partial charge in [-0.15, -0.1) is 0 Å². The van der Waals surface area contributed by atoms with Crippen molar-refractivity contribution < 1.29 is 9.84 Å². The molecule has 3 heteroatoms. The quantitative estimate of drug-likeness (QED) is 0.688. The summed E-state index contributed by atoms with van der Waals surface area (Å²) in [6.07, 6.45) is 7.58. The van der Waals surface area contributed by atoms with Crippen molar-refractivity contribution in [1.82, 2.24) is 0 Å². The van der Waals surface area contributed by atoms with E-state index in [1.54, 1.807) is 0 Å². The van der Waals surface area contributed by atoms with E-state index in [2.05, 4.69) is 0 Å². The zero-order chi connectivity index (χ0) is 11.1. The van der Waals surface area contributed by atoms with Crippen LogP contribution in [-0.4, -0.2) is 30.0 Å². The van der Waals surface area contributed by atoms with Crippen molar-refractivity contribution in [2.24, 2.45) is 5.73 Å². The predicted octanol–water partition coefficient (Wildman–Crippen LogP) is 1.83. The van der Waals surface area contributed by atoms with Crippen LogP contribution in [-0.2, 0) is 4.74 Å². The number of ether oxygens (including phenoxy) is 1. The summed E-state index contributed by atoms with van der Waals surface area (Å²) in [5.41, 5.74) is 6.15. The minimum Gasteiger partial charge on any atom is -0.391 e. The van der Waals surface area contributed by atoms with Crippen molar-refractivity contribution in [3.63, 3.8) is 0 Å². The Balaban J connectivity index is 2.22. The molecule has 1 saturated carbocycles. The van der Waals surface area contributed by atoms with Crippen molar-refractivity contribution in [3.05, 3.63) is 0 Å². The second kappa shape index (κ2) is 6.46. The highest BCUT2D eigenvalue weighted by atomic mass is 16.5. The Bertz CT molecular complexity index is 165. The van der Waals surface area contributed by atoms with Gasteiger partial charge in [-0.2, -0.15) is 0 Å². The molecule has 0 amide bonds. The molecular formula is C12H25NO2. The number of aliphatic hydroxyl groups is 1. The lowest BCUT2D eigenvalue weighted by Gasteiger charge is -2.28. The normalized spacial score (nSPS) is 23.4. The molecule has 15 heavy (non-hydrogen) atoms. The van der Waals surface area contributed by atoms with Crippen LogP contribution in [0.3, 0.4) is 0 Å². The summed E-state index contributed by atoms with van der Waals surface area (Å²) in [6.45, 7) is 2.98. The van der Waals surface area contributed by atoms with Gasteiger partial charge in [0.25, 0.3) is 0 Å². The molecule has 0 heterocycles. The van der Waals surface area contributed by atoms with Crippen LogP contribution in [0.25, 0.3) is 0 Å². The Morgan fingerprint density at radius 1 is 1.27 bits per heavy atom. The van der Waals surface area contributed by atoms with Crippen molar-refractivity contribution in [3.8, 4) is 0 Å². The first-order valence-corrected chi connectivity index (χ1v) is 6.21. The Morgan fingerprint density at radius 3 is 2.40 bits per heavy atom. The van der Waals surface area contributed by atoms with Gasteiger partial charge < -0.3 is 15.6 Å². The smallest absolute Gasteiger partial charge is 0.0771 e. The number of hydrogen-bond donors (Lipinski definition) is 2. The summed E-state index contributed by atoms with van der Waals surface area (Å²) >= 11 is 0. The molecule has 1 aliphatic carbocycles. The number of nitrogens with two attached hydrogens (primary N) is 1. The van der Waals surface area contributed by atoms with Crippen LogP contribution in [0.5, 0.6) is 0 Å². The van der Waals surface area contributed by atoms with Crippen molar-refractivity contribution >= 4 is 0 Å². The van der Waals surface area contributed by atoms with E-state index in [1.165, 1.54) is 25.7 Å². The average Bonchev–Trinajstić information content (AvgIpc) is 2.43. The molecule has 1 atom stereocenters. The third kappa shape index (κ3) is 4.96. The van der Waals surface area contributed by atoms with Crippen LogP contribution in [0.4, 0.5) is 0 Å². The zero-order valence-corrected chi connectivity index (χ0v) is 9.87. The second-order valence-electron chi connectivity index (χ2n) is 4.85. The summed E-state index contributed by atoms with van der Waals surface area (Å²) in [5.74, 6) is 0. The average molecular weight is 215 g/mol. The molecule has 1 fully saturated rings. The molecule has 0 aromatic heterocycles. The van der Waals surface area contributed by atoms with E-state index in [0.29, 0.717) is 13.2 Å². The number of aliphatic hydroxyl groups excluding tert-OH is 1. The Labute approximate surface area is 93.0 Å². The molecule has 3 N–H and O–H groups in total. The van der Waals surface area contributed by atoms with E-state index < -0.39 is 0 Å². The largest absolute Gasteiger partial charge is 0.391 e. The molecule has 0 radical (unpaired) electrons. The van der Waals surface area contributed by atoms with Gasteiger partial charge in [-0.25, -0.2) is 0 Å². The minimum atomic E-state index is -0.334. The lowest BCUT2D eigenvalue weighted by atomic mass is 9.93. The van der Waals surface area contributed by atoms with Crippen LogP contribution >= 0.6 is 0 Å². The van der Waals surface area contributed by atoms with Gasteiger partial charge >= 0.3 is 0 Å². The Morgan fingerprint density at radius 2 is 1.87 bits per heavy atom. The molecule has 0 aliphatic heterocycles. The van der Waals surface area contributed by atoms with Gasteiger partial charge in [-0.1, -0.05) is 32.6 Å². The molecular weight excluding hydrogens is 190 g/mol. The summed E-state index contributed by atoms with van der Waals surface area (Å²) in [5, 5.41) is 9.36. The first-order chi connectivity index (χ1) is 7.16. The maximum absolute atomic E-state index is 9.36. The monoisotopic (exact) mass is 215 g/mol. The molecule has 1 unspecified atom stereocenters. The first-order valence-electron chi connectivity index (χ1n) is 6.21. The molecule has 90 valence electrons. The fourth-order valence-electron chi connectivity index (χ4n) is 2.09. The van der Waals surface area contributed by atoms with E-state index in [4.69, 9.17) is 10.5 Å². The van der Waals surface area contributed by atoms with Gasteiger partial charge in [-0.3, -0.25) is 0 Å². The van der Waals surface area contributed by atoms with Gasteiger partial charge in [0.2, 0.25) is 0 Å². The molecule has 0 spiro atoms. The Kier molecular flexibility index (Phi) is 5.58. The molecule has 0 bridgehead atoms. The number of hydrogen-bond acceptors (Lipinski definition) is 3. The van der Waals surface area contributed by atoms with Gasteiger partial charge in [0.05, 0.1) is 19.3 Å². The van der Waals surface area contributed by atoms with Crippen LogP contribution < -0.4 is 5.73 Å². The minimum absolute atomic E-state index is 0.135. The van der Waals surface area contributed by atoms with Crippen LogP contribution in [0.1, 0.15) is 51.9 Å². The zero-order valence-electron chi connectivity index (χ0n) is 9.87. The second-order valence-corrected chi connectivity index (χ2v) is 4.85. The topological polar surface area (TPSA) is 55.5 Å². The van der Waals surface area contributed by atoms with Crippen LogP contribution in [0, 0.1) is 0 Å². The van der Waals surface area contributed by atoms with Crippen LogP contribution in [0.15, 0.2) is 0 Å². The molecule has 1 aliphatic rings. The summed E-state index contributed by atoms with van der Waals surface area (Å²) in [7, 11) is 0. The standard InChI is InChI=1S/C12H25NO2/c1-2-11(14)9-15-10-12(13)7-5-3-4-6-8-12/h11,14H,2-10,13H2,1H3. The lowest BCUT2D eigenvalue weighted by Crippen LogP contribution is -2.44. The van der Waals surface area contributed by atoms with E-state index in [0.717, 1.165) is 19.3 Å². The van der Waals surface area contributed by atoms with Gasteiger partial charge in [0.1, 0.15) is 0 Å². The first kappa shape index (κ1) is 12.9. The molecule has 0 saturated heterocycles. The fourth-order valence-corrected chi connectivity index (χ4v) is 2.09. The highest BCUT2D eigenvalue weighted by Crippen LogP contribution is 2.25. The highest BCUT2D eigenvalue weighted by Gasteiger charge is 2.26. The summed E-state index contributed by atoms with van der Waals surface area (Å²) in [6, 6.07) is 0. The molecule has 0 aromatic rings. The van der Waals surface area contributed by atoms with E-state index in [1.807, 2.05) is 6.92 Å². The third-order valence-electron chi connectivity index (χ3n) is 3.27. The molecule has 0 aromatic carbocycles. The lowest BCUT2D eigenvalue weighted by molar-refractivity contribution is 0.0103. The third-order valence-corrected chi connectivity index (χ3v) is 3.27. The SMILES string of the molecule is CCC(O)COCC1(N)CCCCCC1. The van der Waals surface area contributed by atoms with Crippen molar-refractivity contribution in [1.29, 1.82) is 0 Å². The summed E-state index contributed by atoms with van der Waals surface area (Å²) in [4.78, 5) is 0. The molecule has 1 rings (SSSR count). The van der Waals surface area contributed by atoms with E-state index in [9.17, 15) is 5.11 Å². The van der Waals surface area contributed by atoms with Gasteiger partial charge in [0, 0.05) is 5.54 Å². The van der Waals surface area contributed by atoms with Gasteiger partial charge in [-0.05, 0) is 19.3 Å². The van der Waals surface area contributed by atoms with E-state index in [-0.39, 0.29) is 11.6 Å². The van der Waals surface area contributed by atoms with Crippen LogP contribution in [0.2, 0.25) is 0 Å². The maximum atomic E-state index is 9.36.